The molecule has 0 fully saturated rings. The van der Waals surface area contributed by atoms with Gasteiger partial charge in [0.1, 0.15) is 5.69 Å². The van der Waals surface area contributed by atoms with Gasteiger partial charge >= 0.3 is 0 Å². The highest BCUT2D eigenvalue weighted by atomic mass is 32.1. The van der Waals surface area contributed by atoms with Crippen LogP contribution in [0.25, 0.3) is 11.5 Å². The van der Waals surface area contributed by atoms with Crippen molar-refractivity contribution in [3.8, 4) is 11.5 Å². The van der Waals surface area contributed by atoms with Gasteiger partial charge in [0.2, 0.25) is 10.6 Å². The zero-order chi connectivity index (χ0) is 13.9. The summed E-state index contributed by atoms with van der Waals surface area (Å²) in [6.45, 7) is 1.93. The molecule has 7 heteroatoms. The van der Waals surface area contributed by atoms with Crippen LogP contribution in [0.3, 0.4) is 0 Å². The molecule has 0 bridgehead atoms. The zero-order valence-electron chi connectivity index (χ0n) is 10.7. The van der Waals surface area contributed by atoms with E-state index < -0.39 is 0 Å². The molecule has 0 spiro atoms. The fourth-order valence-electron chi connectivity index (χ4n) is 1.76. The van der Waals surface area contributed by atoms with Crippen molar-refractivity contribution in [1.29, 1.82) is 0 Å². The van der Waals surface area contributed by atoms with Gasteiger partial charge in [0.15, 0.2) is 0 Å². The van der Waals surface area contributed by atoms with Crippen LogP contribution in [-0.4, -0.2) is 31.3 Å². The second-order valence-corrected chi connectivity index (χ2v) is 4.64. The third kappa shape index (κ3) is 2.43. The highest BCUT2D eigenvalue weighted by molar-refractivity contribution is 7.71. The van der Waals surface area contributed by atoms with Gasteiger partial charge in [-0.25, -0.2) is 5.10 Å². The molecule has 2 heterocycles. The molecule has 0 radical (unpaired) electrons. The van der Waals surface area contributed by atoms with Crippen LogP contribution in [-0.2, 0) is 0 Å². The van der Waals surface area contributed by atoms with Crippen LogP contribution in [0.1, 0.15) is 11.3 Å². The number of aromatic amines is 2. The number of nitrogens with one attached hydrogen (secondary N) is 2. The van der Waals surface area contributed by atoms with E-state index in [0.29, 0.717) is 16.3 Å². The normalized spacial score (nSPS) is 11.2. The predicted octanol–water partition coefficient (Wildman–Crippen LogP) is 2.52. The maximum absolute atomic E-state index is 5.19. The fraction of sp³-hybridized carbons (Fsp3) is 0.0769. The molecule has 0 aliphatic rings. The van der Waals surface area contributed by atoms with Crippen molar-refractivity contribution >= 4 is 18.4 Å². The average Bonchev–Trinajstić information content (AvgIpc) is 3.04. The minimum absolute atomic E-state index is 0.424. The first-order valence-electron chi connectivity index (χ1n) is 6.03. The first-order valence-corrected chi connectivity index (χ1v) is 6.44. The SMILES string of the molecule is Cc1cc(-c2n[nH]c(=S)n2/N=C/c2ccccc2)n[nH]1. The maximum atomic E-state index is 5.19. The Hall–Kier alpha value is -2.54. The van der Waals surface area contributed by atoms with E-state index in [1.165, 1.54) is 0 Å². The molecule has 100 valence electrons. The van der Waals surface area contributed by atoms with Gasteiger partial charge in [-0.3, -0.25) is 5.10 Å². The molecule has 0 saturated heterocycles. The van der Waals surface area contributed by atoms with Crippen molar-refractivity contribution in [2.24, 2.45) is 5.10 Å². The molecule has 3 rings (SSSR count). The molecule has 1 aromatic carbocycles. The molecule has 0 atom stereocenters. The molecular weight excluding hydrogens is 272 g/mol. The van der Waals surface area contributed by atoms with Gasteiger partial charge < -0.3 is 0 Å². The van der Waals surface area contributed by atoms with Crippen molar-refractivity contribution < 1.29 is 0 Å². The number of hydrogen-bond acceptors (Lipinski definition) is 4. The van der Waals surface area contributed by atoms with Gasteiger partial charge in [-0.1, -0.05) is 30.3 Å². The van der Waals surface area contributed by atoms with Crippen molar-refractivity contribution in [2.45, 2.75) is 6.92 Å². The van der Waals surface area contributed by atoms with E-state index in [-0.39, 0.29) is 0 Å². The van der Waals surface area contributed by atoms with Crippen LogP contribution in [0.15, 0.2) is 41.5 Å². The molecule has 3 aromatic rings. The lowest BCUT2D eigenvalue weighted by molar-refractivity contribution is 0.865. The quantitative estimate of drug-likeness (QED) is 0.573. The number of aryl methyl sites for hydroxylation is 1. The third-order valence-corrected chi connectivity index (χ3v) is 2.97. The number of rotatable bonds is 3. The Balaban J connectivity index is 2.00. The molecular formula is C13H12N6S. The Morgan fingerprint density at radius 1 is 1.20 bits per heavy atom. The molecule has 0 unspecified atom stereocenters. The predicted molar refractivity (Wildman–Crippen MR) is 79.2 cm³/mol. The summed E-state index contributed by atoms with van der Waals surface area (Å²) in [4.78, 5) is 0. The number of benzene rings is 1. The van der Waals surface area contributed by atoms with Crippen LogP contribution in [0, 0.1) is 11.7 Å². The monoisotopic (exact) mass is 284 g/mol. The van der Waals surface area contributed by atoms with Gasteiger partial charge in [-0.05, 0) is 30.8 Å². The lowest BCUT2D eigenvalue weighted by atomic mass is 10.2. The van der Waals surface area contributed by atoms with Gasteiger partial charge in [0.05, 0.1) is 6.21 Å². The smallest absolute Gasteiger partial charge is 0.216 e. The van der Waals surface area contributed by atoms with E-state index in [1.807, 2.05) is 43.3 Å². The van der Waals surface area contributed by atoms with E-state index in [0.717, 1.165) is 11.3 Å². The highest BCUT2D eigenvalue weighted by Crippen LogP contribution is 2.15. The van der Waals surface area contributed by atoms with Gasteiger partial charge in [-0.2, -0.15) is 20.0 Å². The summed E-state index contributed by atoms with van der Waals surface area (Å²) in [5, 5.41) is 18.3. The standard InChI is InChI=1S/C13H12N6S/c1-9-7-11(16-15-9)12-17-18-13(20)19(12)14-8-10-5-3-2-4-6-10/h2-8H,1H3,(H,15,16)(H,18,20)/b14-8+. The Bertz CT molecular complexity index is 796. The molecule has 0 aliphatic carbocycles. The molecule has 2 aromatic heterocycles. The number of H-pyrrole nitrogens is 2. The average molecular weight is 284 g/mol. The summed E-state index contributed by atoms with van der Waals surface area (Å²) in [7, 11) is 0. The van der Waals surface area contributed by atoms with Crippen LogP contribution in [0.5, 0.6) is 0 Å². The van der Waals surface area contributed by atoms with Crippen molar-refractivity contribution in [2.75, 3.05) is 0 Å². The molecule has 0 saturated carbocycles. The van der Waals surface area contributed by atoms with Gasteiger partial charge in [0, 0.05) is 5.69 Å². The van der Waals surface area contributed by atoms with Crippen LogP contribution >= 0.6 is 12.2 Å². The lowest BCUT2D eigenvalue weighted by Gasteiger charge is -1.96. The van der Waals surface area contributed by atoms with Crippen LogP contribution < -0.4 is 0 Å². The Morgan fingerprint density at radius 2 is 2.00 bits per heavy atom. The molecule has 0 amide bonds. The molecule has 6 nitrogen and oxygen atoms in total. The van der Waals surface area contributed by atoms with Gasteiger partial charge in [-0.15, -0.1) is 0 Å². The summed E-state index contributed by atoms with van der Waals surface area (Å²) in [5.41, 5.74) is 2.63. The van der Waals surface area contributed by atoms with E-state index in [1.54, 1.807) is 10.9 Å². The van der Waals surface area contributed by atoms with E-state index in [9.17, 15) is 0 Å². The summed E-state index contributed by atoms with van der Waals surface area (Å²) >= 11 is 5.19. The lowest BCUT2D eigenvalue weighted by Crippen LogP contribution is -1.95. The second kappa shape index (κ2) is 5.22. The minimum atomic E-state index is 0.424. The molecule has 2 N–H and O–H groups in total. The van der Waals surface area contributed by atoms with E-state index in [4.69, 9.17) is 12.2 Å². The largest absolute Gasteiger partial charge is 0.282 e. The topological polar surface area (TPSA) is 74.7 Å². The first kappa shape index (κ1) is 12.5. The summed E-state index contributed by atoms with van der Waals surface area (Å²) in [6, 6.07) is 11.7. The number of aromatic nitrogens is 5. The summed E-state index contributed by atoms with van der Waals surface area (Å²) < 4.78 is 1.98. The highest BCUT2D eigenvalue weighted by Gasteiger charge is 2.10. The summed E-state index contributed by atoms with van der Waals surface area (Å²) in [6.07, 6.45) is 1.73. The van der Waals surface area contributed by atoms with Crippen molar-refractivity contribution in [3.63, 3.8) is 0 Å². The first-order chi connectivity index (χ1) is 9.74. The maximum Gasteiger partial charge on any atom is 0.216 e. The molecule has 20 heavy (non-hydrogen) atoms. The Kier molecular flexibility index (Phi) is 3.26. The van der Waals surface area contributed by atoms with E-state index in [2.05, 4.69) is 25.5 Å². The number of hydrogen-bond donors (Lipinski definition) is 2. The Labute approximate surface area is 120 Å². The van der Waals surface area contributed by atoms with Crippen molar-refractivity contribution in [3.05, 3.63) is 52.4 Å². The summed E-state index contributed by atoms with van der Waals surface area (Å²) in [5.74, 6) is 0.575. The number of nitrogens with zero attached hydrogens (tertiary/aromatic N) is 4. The Morgan fingerprint density at radius 3 is 2.70 bits per heavy atom. The minimum Gasteiger partial charge on any atom is -0.282 e. The third-order valence-electron chi connectivity index (χ3n) is 2.71. The van der Waals surface area contributed by atoms with Crippen LogP contribution in [0.2, 0.25) is 0 Å². The van der Waals surface area contributed by atoms with Gasteiger partial charge in [0.25, 0.3) is 0 Å². The van der Waals surface area contributed by atoms with Crippen molar-refractivity contribution in [1.82, 2.24) is 25.1 Å². The molecule has 0 aliphatic heterocycles. The van der Waals surface area contributed by atoms with Crippen LogP contribution in [0.4, 0.5) is 0 Å². The zero-order valence-corrected chi connectivity index (χ0v) is 11.6. The fourth-order valence-corrected chi connectivity index (χ4v) is 1.94. The second-order valence-electron chi connectivity index (χ2n) is 4.26. The van der Waals surface area contributed by atoms with E-state index >= 15 is 0 Å².